The Morgan fingerprint density at radius 3 is 2.61 bits per heavy atom. The number of carbonyl (C=O) groups excluding carboxylic acids is 2. The maximum atomic E-state index is 12.6. The first-order valence-corrected chi connectivity index (χ1v) is 8.87. The van der Waals surface area contributed by atoms with Crippen molar-refractivity contribution in [3.8, 4) is 0 Å². The number of benzene rings is 2. The van der Waals surface area contributed by atoms with Gasteiger partial charge >= 0.3 is 5.97 Å². The highest BCUT2D eigenvalue weighted by molar-refractivity contribution is 6.34. The second kappa shape index (κ2) is 9.01. The Hall–Kier alpha value is -3.38. The van der Waals surface area contributed by atoms with Gasteiger partial charge in [0.15, 0.2) is 0 Å². The van der Waals surface area contributed by atoms with E-state index in [0.717, 1.165) is 11.3 Å². The van der Waals surface area contributed by atoms with Gasteiger partial charge in [-0.05, 0) is 35.9 Å². The lowest BCUT2D eigenvalue weighted by molar-refractivity contribution is 0.0600. The van der Waals surface area contributed by atoms with Gasteiger partial charge in [-0.2, -0.15) is 0 Å². The van der Waals surface area contributed by atoms with Gasteiger partial charge in [0.05, 0.1) is 23.4 Å². The molecular weight excluding hydrogens is 378 g/mol. The molecule has 2 N–H and O–H groups in total. The Morgan fingerprint density at radius 2 is 1.86 bits per heavy atom. The summed E-state index contributed by atoms with van der Waals surface area (Å²) in [7, 11) is 1.28. The average Bonchev–Trinajstić information content (AvgIpc) is 2.74. The first-order chi connectivity index (χ1) is 13.6. The third-order valence-corrected chi connectivity index (χ3v) is 4.30. The number of amides is 1. The fourth-order valence-electron chi connectivity index (χ4n) is 2.52. The molecule has 1 amide bonds. The molecule has 7 heteroatoms. The molecule has 6 nitrogen and oxygen atoms in total. The summed E-state index contributed by atoms with van der Waals surface area (Å²) in [4.78, 5) is 28.3. The molecule has 1 heterocycles. The number of esters is 1. The minimum Gasteiger partial charge on any atom is -0.465 e. The van der Waals surface area contributed by atoms with Crippen LogP contribution in [0.3, 0.4) is 0 Å². The molecule has 0 unspecified atom stereocenters. The molecular formula is C21H18ClN3O3. The van der Waals surface area contributed by atoms with Crippen molar-refractivity contribution in [3.63, 3.8) is 0 Å². The minimum absolute atomic E-state index is 0.220. The Kier molecular flexibility index (Phi) is 6.24. The zero-order chi connectivity index (χ0) is 19.9. The molecule has 142 valence electrons. The SMILES string of the molecule is COC(=O)c1ccc(Cl)c(NC(=O)c2cc(NCc3ccccc3)ccn2)c1. The van der Waals surface area contributed by atoms with E-state index in [1.54, 1.807) is 18.3 Å². The molecule has 0 radical (unpaired) electrons. The summed E-state index contributed by atoms with van der Waals surface area (Å²) in [6, 6.07) is 17.9. The average molecular weight is 396 g/mol. The Bertz CT molecular complexity index is 993. The number of pyridine rings is 1. The van der Waals surface area contributed by atoms with E-state index in [-0.39, 0.29) is 11.3 Å². The molecule has 0 fully saturated rings. The van der Waals surface area contributed by atoms with Crippen molar-refractivity contribution < 1.29 is 14.3 Å². The zero-order valence-corrected chi connectivity index (χ0v) is 15.9. The van der Waals surface area contributed by atoms with Gasteiger partial charge in [0.1, 0.15) is 5.69 Å². The van der Waals surface area contributed by atoms with Gasteiger partial charge in [-0.25, -0.2) is 4.79 Å². The van der Waals surface area contributed by atoms with Crippen molar-refractivity contribution in [2.75, 3.05) is 17.7 Å². The summed E-state index contributed by atoms with van der Waals surface area (Å²) in [6.07, 6.45) is 1.55. The van der Waals surface area contributed by atoms with Gasteiger partial charge in [-0.1, -0.05) is 41.9 Å². The molecule has 0 spiro atoms. The Labute approximate surface area is 167 Å². The number of halogens is 1. The molecule has 0 aliphatic heterocycles. The van der Waals surface area contributed by atoms with Crippen LogP contribution in [0, 0.1) is 0 Å². The number of aromatic nitrogens is 1. The number of ether oxygens (including phenoxy) is 1. The van der Waals surface area contributed by atoms with E-state index >= 15 is 0 Å². The lowest BCUT2D eigenvalue weighted by Crippen LogP contribution is -2.15. The summed E-state index contributed by atoms with van der Waals surface area (Å²) >= 11 is 6.12. The predicted octanol–water partition coefficient (Wildman–Crippen LogP) is 4.39. The highest BCUT2D eigenvalue weighted by atomic mass is 35.5. The minimum atomic E-state index is -0.516. The van der Waals surface area contributed by atoms with Gasteiger partial charge in [-0.15, -0.1) is 0 Å². The van der Waals surface area contributed by atoms with Crippen LogP contribution in [0.15, 0.2) is 66.9 Å². The van der Waals surface area contributed by atoms with Crippen molar-refractivity contribution in [3.05, 3.63) is 88.7 Å². The van der Waals surface area contributed by atoms with Crippen LogP contribution in [0.2, 0.25) is 5.02 Å². The maximum absolute atomic E-state index is 12.6. The van der Waals surface area contributed by atoms with Gasteiger partial charge in [0.2, 0.25) is 0 Å². The second-order valence-electron chi connectivity index (χ2n) is 5.91. The molecule has 28 heavy (non-hydrogen) atoms. The van der Waals surface area contributed by atoms with Crippen molar-refractivity contribution in [1.29, 1.82) is 0 Å². The van der Waals surface area contributed by atoms with E-state index in [0.29, 0.717) is 17.3 Å². The Morgan fingerprint density at radius 1 is 1.07 bits per heavy atom. The Balaban J connectivity index is 1.72. The molecule has 0 bridgehead atoms. The van der Waals surface area contributed by atoms with Crippen LogP contribution in [-0.4, -0.2) is 24.0 Å². The standard InChI is InChI=1S/C21H18ClN3O3/c1-28-21(27)15-7-8-17(22)18(11-15)25-20(26)19-12-16(9-10-23-19)24-13-14-5-3-2-4-6-14/h2-12H,13H2,1H3,(H,23,24)(H,25,26). The number of anilines is 2. The normalized spacial score (nSPS) is 10.2. The molecule has 2 aromatic carbocycles. The van der Waals surface area contributed by atoms with Crippen molar-refractivity contribution in [1.82, 2.24) is 4.98 Å². The van der Waals surface area contributed by atoms with E-state index in [4.69, 9.17) is 11.6 Å². The van der Waals surface area contributed by atoms with Crippen LogP contribution in [-0.2, 0) is 11.3 Å². The van der Waals surface area contributed by atoms with Crippen molar-refractivity contribution in [2.24, 2.45) is 0 Å². The van der Waals surface area contributed by atoms with Crippen LogP contribution in [0.25, 0.3) is 0 Å². The number of hydrogen-bond donors (Lipinski definition) is 2. The molecule has 3 aromatic rings. The van der Waals surface area contributed by atoms with Crippen LogP contribution < -0.4 is 10.6 Å². The summed E-state index contributed by atoms with van der Waals surface area (Å²) in [5.74, 6) is -0.954. The molecule has 1 aromatic heterocycles. The lowest BCUT2D eigenvalue weighted by atomic mass is 10.2. The first kappa shape index (κ1) is 19.4. The number of hydrogen-bond acceptors (Lipinski definition) is 5. The number of carbonyl (C=O) groups is 2. The molecule has 0 aliphatic rings. The number of methoxy groups -OCH3 is 1. The first-order valence-electron chi connectivity index (χ1n) is 8.50. The van der Waals surface area contributed by atoms with Crippen molar-refractivity contribution >= 4 is 34.9 Å². The topological polar surface area (TPSA) is 80.3 Å². The fourth-order valence-corrected chi connectivity index (χ4v) is 2.68. The molecule has 3 rings (SSSR count). The fraction of sp³-hybridized carbons (Fsp3) is 0.0952. The van der Waals surface area contributed by atoms with Crippen LogP contribution >= 0.6 is 11.6 Å². The van der Waals surface area contributed by atoms with Crippen LogP contribution in [0.5, 0.6) is 0 Å². The van der Waals surface area contributed by atoms with E-state index < -0.39 is 11.9 Å². The monoisotopic (exact) mass is 395 g/mol. The van der Waals surface area contributed by atoms with Gasteiger partial charge < -0.3 is 15.4 Å². The molecule has 0 saturated carbocycles. The lowest BCUT2D eigenvalue weighted by Gasteiger charge is -2.10. The van der Waals surface area contributed by atoms with Crippen LogP contribution in [0.1, 0.15) is 26.4 Å². The predicted molar refractivity (Wildman–Crippen MR) is 109 cm³/mol. The van der Waals surface area contributed by atoms with E-state index in [2.05, 4.69) is 20.4 Å². The summed E-state index contributed by atoms with van der Waals surface area (Å²) < 4.78 is 4.68. The zero-order valence-electron chi connectivity index (χ0n) is 15.1. The third kappa shape index (κ3) is 4.86. The van der Waals surface area contributed by atoms with E-state index in [1.165, 1.54) is 25.3 Å². The highest BCUT2D eigenvalue weighted by Crippen LogP contribution is 2.24. The summed E-state index contributed by atoms with van der Waals surface area (Å²) in [5, 5.41) is 6.24. The molecule has 0 saturated heterocycles. The van der Waals surface area contributed by atoms with E-state index in [9.17, 15) is 9.59 Å². The number of nitrogens with zero attached hydrogens (tertiary/aromatic N) is 1. The van der Waals surface area contributed by atoms with E-state index in [1.807, 2.05) is 30.3 Å². The van der Waals surface area contributed by atoms with Gasteiger partial charge in [0.25, 0.3) is 5.91 Å². The second-order valence-corrected chi connectivity index (χ2v) is 6.32. The van der Waals surface area contributed by atoms with Gasteiger partial charge in [0, 0.05) is 18.4 Å². The van der Waals surface area contributed by atoms with Crippen LogP contribution in [0.4, 0.5) is 11.4 Å². The summed E-state index contributed by atoms with van der Waals surface area (Å²) in [6.45, 7) is 0.624. The largest absolute Gasteiger partial charge is 0.465 e. The number of nitrogens with one attached hydrogen (secondary N) is 2. The maximum Gasteiger partial charge on any atom is 0.337 e. The third-order valence-electron chi connectivity index (χ3n) is 3.97. The quantitative estimate of drug-likeness (QED) is 0.605. The summed E-state index contributed by atoms with van der Waals surface area (Å²) in [5.41, 5.74) is 2.69. The van der Waals surface area contributed by atoms with Gasteiger partial charge in [-0.3, -0.25) is 9.78 Å². The molecule has 0 aliphatic carbocycles. The highest BCUT2D eigenvalue weighted by Gasteiger charge is 2.13. The number of rotatable bonds is 6. The molecule has 0 atom stereocenters. The van der Waals surface area contributed by atoms with Crippen molar-refractivity contribution in [2.45, 2.75) is 6.54 Å². The smallest absolute Gasteiger partial charge is 0.337 e.